The van der Waals surface area contributed by atoms with Crippen LogP contribution in [0.1, 0.15) is 43.2 Å². The lowest BCUT2D eigenvalue weighted by Gasteiger charge is -2.24. The molecule has 1 fully saturated rings. The van der Waals surface area contributed by atoms with E-state index >= 15 is 0 Å². The molecule has 4 rings (SSSR count). The maximum Gasteiger partial charge on any atom is 0.312 e. The molecule has 3 aromatic rings. The van der Waals surface area contributed by atoms with Crippen LogP contribution >= 0.6 is 11.3 Å². The second-order valence-corrected chi connectivity index (χ2v) is 11.1. The molecule has 0 spiro atoms. The highest BCUT2D eigenvalue weighted by atomic mass is 32.1. The van der Waals surface area contributed by atoms with E-state index < -0.39 is 5.41 Å². The molecule has 0 saturated carbocycles. The standard InChI is InChI=1S/C28H33NO3S/c1-19-5-14-25(33-19)22-10-6-20(7-11-22)17-21-8-12-24(13-9-21)31-18-23-15-16-29-26(23)32-27(30)28(2,3)4/h5-14,23,26,29H,15-18H2,1-4H3/t23-,26?/m1/s1. The van der Waals surface area contributed by atoms with Gasteiger partial charge in [0.25, 0.3) is 0 Å². The summed E-state index contributed by atoms with van der Waals surface area (Å²) in [7, 11) is 0. The summed E-state index contributed by atoms with van der Waals surface area (Å²) in [5, 5.41) is 3.28. The van der Waals surface area contributed by atoms with Crippen LogP contribution in [0.3, 0.4) is 0 Å². The lowest BCUT2D eigenvalue weighted by atomic mass is 9.97. The van der Waals surface area contributed by atoms with Crippen LogP contribution in [0.15, 0.2) is 60.7 Å². The van der Waals surface area contributed by atoms with Gasteiger partial charge >= 0.3 is 5.97 Å². The number of aryl methyl sites for hydroxylation is 1. The summed E-state index contributed by atoms with van der Waals surface area (Å²) in [4.78, 5) is 14.9. The number of nitrogens with one attached hydrogen (secondary N) is 1. The minimum absolute atomic E-state index is 0.154. The summed E-state index contributed by atoms with van der Waals surface area (Å²) in [6.07, 6.45) is 1.54. The summed E-state index contributed by atoms with van der Waals surface area (Å²) in [5.41, 5.74) is 3.31. The van der Waals surface area contributed by atoms with Crippen LogP contribution < -0.4 is 10.1 Å². The number of rotatable bonds is 7. The molecule has 4 nitrogen and oxygen atoms in total. The summed E-state index contributed by atoms with van der Waals surface area (Å²) in [5.74, 6) is 0.811. The largest absolute Gasteiger partial charge is 0.493 e. The number of ether oxygens (including phenoxy) is 2. The highest BCUT2D eigenvalue weighted by Crippen LogP contribution is 2.28. The first kappa shape index (κ1) is 23.5. The van der Waals surface area contributed by atoms with Crippen LogP contribution in [0.25, 0.3) is 10.4 Å². The van der Waals surface area contributed by atoms with E-state index in [0.717, 1.165) is 25.1 Å². The minimum atomic E-state index is -0.505. The van der Waals surface area contributed by atoms with Crippen LogP contribution in [0.5, 0.6) is 5.75 Å². The molecule has 1 aliphatic rings. The first-order valence-corrected chi connectivity index (χ1v) is 12.4. The quantitative estimate of drug-likeness (QED) is 0.423. The zero-order valence-electron chi connectivity index (χ0n) is 19.9. The normalized spacial score (nSPS) is 18.3. The maximum absolute atomic E-state index is 12.2. The van der Waals surface area contributed by atoms with E-state index in [1.165, 1.54) is 26.4 Å². The Hall–Kier alpha value is -2.63. The number of carbonyl (C=O) groups excluding carboxylic acids is 1. The average Bonchev–Trinajstić information content (AvgIpc) is 3.42. The van der Waals surface area contributed by atoms with Crippen molar-refractivity contribution < 1.29 is 14.3 Å². The van der Waals surface area contributed by atoms with E-state index in [1.807, 2.05) is 44.2 Å². The van der Waals surface area contributed by atoms with Gasteiger partial charge in [-0.15, -0.1) is 11.3 Å². The zero-order valence-corrected chi connectivity index (χ0v) is 20.7. The summed E-state index contributed by atoms with van der Waals surface area (Å²) >= 11 is 1.83. The highest BCUT2D eigenvalue weighted by molar-refractivity contribution is 7.15. The van der Waals surface area contributed by atoms with Crippen molar-refractivity contribution in [3.8, 4) is 16.2 Å². The van der Waals surface area contributed by atoms with Gasteiger partial charge in [0.1, 0.15) is 5.75 Å². The molecule has 1 aromatic heterocycles. The van der Waals surface area contributed by atoms with Gasteiger partial charge in [0.2, 0.25) is 0 Å². The Morgan fingerprint density at radius 1 is 1.00 bits per heavy atom. The van der Waals surface area contributed by atoms with Gasteiger partial charge in [0.05, 0.1) is 12.0 Å². The number of hydrogen-bond acceptors (Lipinski definition) is 5. The third-order valence-corrected chi connectivity index (χ3v) is 6.96. The van der Waals surface area contributed by atoms with Crippen LogP contribution in [0.4, 0.5) is 0 Å². The number of carbonyl (C=O) groups is 1. The van der Waals surface area contributed by atoms with Gasteiger partial charge in [-0.2, -0.15) is 0 Å². The molecule has 5 heteroatoms. The van der Waals surface area contributed by atoms with E-state index in [1.54, 1.807) is 0 Å². The van der Waals surface area contributed by atoms with E-state index in [4.69, 9.17) is 9.47 Å². The molecule has 0 aliphatic carbocycles. The first-order valence-electron chi connectivity index (χ1n) is 11.6. The molecule has 1 saturated heterocycles. The minimum Gasteiger partial charge on any atom is -0.493 e. The number of thiophene rings is 1. The van der Waals surface area contributed by atoms with Gasteiger partial charge in [-0.1, -0.05) is 36.4 Å². The van der Waals surface area contributed by atoms with Crippen molar-refractivity contribution in [3.05, 3.63) is 76.7 Å². The first-order chi connectivity index (χ1) is 15.8. The van der Waals surface area contributed by atoms with Crippen molar-refractivity contribution in [2.24, 2.45) is 11.3 Å². The molecular weight excluding hydrogens is 430 g/mol. The Balaban J connectivity index is 1.29. The Morgan fingerprint density at radius 3 is 2.27 bits per heavy atom. The number of hydrogen-bond donors (Lipinski definition) is 1. The van der Waals surface area contributed by atoms with Crippen LogP contribution in [0, 0.1) is 18.3 Å². The molecule has 1 N–H and O–H groups in total. The lowest BCUT2D eigenvalue weighted by Crippen LogP contribution is -2.38. The van der Waals surface area contributed by atoms with E-state index in [0.29, 0.717) is 6.61 Å². The van der Waals surface area contributed by atoms with E-state index in [2.05, 4.69) is 60.8 Å². The highest BCUT2D eigenvalue weighted by Gasteiger charge is 2.34. The third kappa shape index (κ3) is 6.24. The number of esters is 1. The second-order valence-electron chi connectivity index (χ2n) is 9.82. The molecule has 174 valence electrons. The van der Waals surface area contributed by atoms with Gasteiger partial charge < -0.3 is 9.47 Å². The van der Waals surface area contributed by atoms with Crippen molar-refractivity contribution in [2.75, 3.05) is 13.2 Å². The van der Waals surface area contributed by atoms with E-state index in [-0.39, 0.29) is 18.1 Å². The molecule has 0 bridgehead atoms. The summed E-state index contributed by atoms with van der Waals surface area (Å²) in [6.45, 7) is 9.11. The molecule has 0 amide bonds. The molecule has 2 aromatic carbocycles. The van der Waals surface area contributed by atoms with Crippen molar-refractivity contribution in [3.63, 3.8) is 0 Å². The van der Waals surface area contributed by atoms with Crippen LogP contribution in [0.2, 0.25) is 0 Å². The van der Waals surface area contributed by atoms with Crippen LogP contribution in [-0.4, -0.2) is 25.3 Å². The SMILES string of the molecule is Cc1ccc(-c2ccc(Cc3ccc(OC[C@H]4CCNC4OC(=O)C(C)(C)C)cc3)cc2)s1. The molecule has 33 heavy (non-hydrogen) atoms. The van der Waals surface area contributed by atoms with Crippen molar-refractivity contribution in [1.29, 1.82) is 0 Å². The Kier molecular flexibility index (Phi) is 7.20. The van der Waals surface area contributed by atoms with Gasteiger partial charge in [-0.05, 0) is 88.0 Å². The Labute approximate surface area is 200 Å². The topological polar surface area (TPSA) is 47.6 Å². The van der Waals surface area contributed by atoms with Crippen molar-refractivity contribution in [2.45, 2.75) is 46.8 Å². The predicted octanol–water partition coefficient (Wildman–Crippen LogP) is 6.22. The fourth-order valence-electron chi connectivity index (χ4n) is 3.85. The molecular formula is C28H33NO3S. The second kappa shape index (κ2) is 10.1. The van der Waals surface area contributed by atoms with Crippen molar-refractivity contribution >= 4 is 17.3 Å². The van der Waals surface area contributed by atoms with Gasteiger partial charge in [0, 0.05) is 15.7 Å². The fraction of sp³-hybridized carbons (Fsp3) is 0.393. The lowest BCUT2D eigenvalue weighted by molar-refractivity contribution is -0.162. The monoisotopic (exact) mass is 463 g/mol. The Bertz CT molecular complexity index is 1060. The molecule has 1 aliphatic heterocycles. The molecule has 2 heterocycles. The molecule has 2 atom stereocenters. The maximum atomic E-state index is 12.2. The number of benzene rings is 2. The van der Waals surface area contributed by atoms with Crippen LogP contribution in [-0.2, 0) is 16.0 Å². The summed E-state index contributed by atoms with van der Waals surface area (Å²) < 4.78 is 11.7. The van der Waals surface area contributed by atoms with Gasteiger partial charge in [-0.25, -0.2) is 0 Å². The fourth-order valence-corrected chi connectivity index (χ4v) is 4.72. The van der Waals surface area contributed by atoms with E-state index in [9.17, 15) is 4.79 Å². The van der Waals surface area contributed by atoms with Crippen molar-refractivity contribution in [1.82, 2.24) is 5.32 Å². The predicted molar refractivity (Wildman–Crippen MR) is 135 cm³/mol. The smallest absolute Gasteiger partial charge is 0.312 e. The zero-order chi connectivity index (χ0) is 23.4. The molecule has 1 unspecified atom stereocenters. The summed E-state index contributed by atoms with van der Waals surface area (Å²) in [6, 6.07) is 21.5. The third-order valence-electron chi connectivity index (χ3n) is 5.91. The van der Waals surface area contributed by atoms with Gasteiger partial charge in [0.15, 0.2) is 6.23 Å². The van der Waals surface area contributed by atoms with Gasteiger partial charge in [-0.3, -0.25) is 10.1 Å². The average molecular weight is 464 g/mol. The molecule has 0 radical (unpaired) electrons. The Morgan fingerprint density at radius 2 is 1.67 bits per heavy atom.